The van der Waals surface area contributed by atoms with Gasteiger partial charge >= 0.3 is 0 Å². The molecule has 0 bridgehead atoms. The maximum Gasteiger partial charge on any atom is 0.230 e. The van der Waals surface area contributed by atoms with Crippen molar-refractivity contribution in [1.82, 2.24) is 20.1 Å². The van der Waals surface area contributed by atoms with Crippen molar-refractivity contribution < 1.29 is 9.53 Å². The van der Waals surface area contributed by atoms with Gasteiger partial charge in [0.1, 0.15) is 5.75 Å². The number of nitrogens with one attached hydrogen (secondary N) is 1. The fourth-order valence-corrected chi connectivity index (χ4v) is 4.44. The summed E-state index contributed by atoms with van der Waals surface area (Å²) >= 11 is 2.97. The molecular weight excluding hydrogens is 416 g/mol. The molecule has 0 unspecified atom stereocenters. The van der Waals surface area contributed by atoms with Crippen molar-refractivity contribution in [3.8, 4) is 22.1 Å². The van der Waals surface area contributed by atoms with Gasteiger partial charge in [-0.05, 0) is 29.6 Å². The van der Waals surface area contributed by atoms with Gasteiger partial charge in [-0.3, -0.25) is 9.36 Å². The van der Waals surface area contributed by atoms with Gasteiger partial charge in [0.15, 0.2) is 11.0 Å². The van der Waals surface area contributed by atoms with Gasteiger partial charge < -0.3 is 10.1 Å². The number of thioether (sulfide) groups is 1. The number of methoxy groups -OCH3 is 1. The highest BCUT2D eigenvalue weighted by molar-refractivity contribution is 7.99. The fourth-order valence-electron chi connectivity index (χ4n) is 2.96. The topological polar surface area (TPSA) is 69.0 Å². The maximum absolute atomic E-state index is 12.4. The van der Waals surface area contributed by atoms with Gasteiger partial charge in [-0.1, -0.05) is 54.2 Å². The van der Waals surface area contributed by atoms with Gasteiger partial charge in [0.25, 0.3) is 0 Å². The molecule has 0 fully saturated rings. The number of carbonyl (C=O) groups excluding carboxylic acids is 1. The molecule has 0 aliphatic rings. The van der Waals surface area contributed by atoms with Crippen LogP contribution in [-0.2, 0) is 11.3 Å². The Kier molecular flexibility index (Phi) is 6.46. The first kappa shape index (κ1) is 20.2. The molecule has 4 aromatic rings. The SMILES string of the molecule is COc1ccccc1CNC(=O)CSc1nnc(-c2cccs2)n1-c1ccccc1. The molecule has 2 aromatic heterocycles. The van der Waals surface area contributed by atoms with Crippen LogP contribution in [0, 0.1) is 0 Å². The van der Waals surface area contributed by atoms with Crippen molar-refractivity contribution in [3.63, 3.8) is 0 Å². The second-order valence-electron chi connectivity index (χ2n) is 6.33. The van der Waals surface area contributed by atoms with E-state index in [2.05, 4.69) is 15.5 Å². The number of nitrogens with zero attached hydrogens (tertiary/aromatic N) is 3. The van der Waals surface area contributed by atoms with E-state index in [-0.39, 0.29) is 11.7 Å². The normalized spacial score (nSPS) is 10.7. The van der Waals surface area contributed by atoms with Crippen LogP contribution < -0.4 is 10.1 Å². The zero-order valence-corrected chi connectivity index (χ0v) is 18.0. The number of hydrogen-bond donors (Lipinski definition) is 1. The van der Waals surface area contributed by atoms with E-state index < -0.39 is 0 Å². The van der Waals surface area contributed by atoms with Crippen LogP contribution in [0.25, 0.3) is 16.4 Å². The van der Waals surface area contributed by atoms with Gasteiger partial charge in [0.05, 0.1) is 17.7 Å². The highest BCUT2D eigenvalue weighted by Gasteiger charge is 2.17. The Balaban J connectivity index is 1.48. The Morgan fingerprint density at radius 1 is 1.07 bits per heavy atom. The van der Waals surface area contributed by atoms with E-state index in [0.717, 1.165) is 27.7 Å². The molecule has 1 N–H and O–H groups in total. The minimum atomic E-state index is -0.0776. The zero-order valence-electron chi connectivity index (χ0n) is 16.3. The van der Waals surface area contributed by atoms with E-state index in [1.165, 1.54) is 11.8 Å². The smallest absolute Gasteiger partial charge is 0.230 e. The largest absolute Gasteiger partial charge is 0.496 e. The quantitative estimate of drug-likeness (QED) is 0.414. The number of thiophene rings is 1. The molecule has 0 spiro atoms. The minimum absolute atomic E-state index is 0.0776. The van der Waals surface area contributed by atoms with E-state index in [0.29, 0.717) is 11.7 Å². The summed E-state index contributed by atoms with van der Waals surface area (Å²) in [5, 5.41) is 14.4. The third kappa shape index (κ3) is 4.55. The molecule has 1 amide bonds. The van der Waals surface area contributed by atoms with Crippen molar-refractivity contribution >= 4 is 29.0 Å². The third-order valence-electron chi connectivity index (χ3n) is 4.39. The van der Waals surface area contributed by atoms with Gasteiger partial charge in [0.2, 0.25) is 5.91 Å². The van der Waals surface area contributed by atoms with Gasteiger partial charge in [-0.15, -0.1) is 21.5 Å². The molecule has 0 aliphatic carbocycles. The fraction of sp³-hybridized carbons (Fsp3) is 0.136. The Morgan fingerprint density at radius 3 is 2.63 bits per heavy atom. The summed E-state index contributed by atoms with van der Waals surface area (Å²) in [5.41, 5.74) is 1.90. The van der Waals surface area contributed by atoms with Crippen molar-refractivity contribution in [1.29, 1.82) is 0 Å². The first-order valence-corrected chi connectivity index (χ1v) is 11.2. The summed E-state index contributed by atoms with van der Waals surface area (Å²) in [6.45, 7) is 0.412. The number of amides is 1. The molecule has 0 radical (unpaired) electrons. The highest BCUT2D eigenvalue weighted by Crippen LogP contribution is 2.30. The van der Waals surface area contributed by atoms with Crippen molar-refractivity contribution in [2.24, 2.45) is 0 Å². The van der Waals surface area contributed by atoms with E-state index >= 15 is 0 Å². The van der Waals surface area contributed by atoms with Crippen molar-refractivity contribution in [2.45, 2.75) is 11.7 Å². The number of para-hydroxylation sites is 2. The molecule has 6 nitrogen and oxygen atoms in total. The van der Waals surface area contributed by atoms with Crippen molar-refractivity contribution in [3.05, 3.63) is 77.7 Å². The molecule has 0 saturated carbocycles. The van der Waals surface area contributed by atoms with Crippen LogP contribution in [0.1, 0.15) is 5.56 Å². The standard InChI is InChI=1S/C22H20N4O2S2/c1-28-18-11-6-5-8-16(18)14-23-20(27)15-30-22-25-24-21(19-12-7-13-29-19)26(22)17-9-3-2-4-10-17/h2-13H,14-15H2,1H3,(H,23,27). The summed E-state index contributed by atoms with van der Waals surface area (Å²) in [6.07, 6.45) is 0. The van der Waals surface area contributed by atoms with Crippen LogP contribution in [-0.4, -0.2) is 33.5 Å². The van der Waals surface area contributed by atoms with Crippen LogP contribution in [0.4, 0.5) is 0 Å². The lowest BCUT2D eigenvalue weighted by Crippen LogP contribution is -2.25. The third-order valence-corrected chi connectivity index (χ3v) is 6.18. The average Bonchev–Trinajstić information content (AvgIpc) is 3.46. The maximum atomic E-state index is 12.4. The molecule has 0 saturated heterocycles. The molecule has 30 heavy (non-hydrogen) atoms. The molecule has 152 valence electrons. The highest BCUT2D eigenvalue weighted by atomic mass is 32.2. The van der Waals surface area contributed by atoms with E-state index in [9.17, 15) is 4.79 Å². The Morgan fingerprint density at radius 2 is 1.87 bits per heavy atom. The number of rotatable bonds is 8. The first-order valence-electron chi connectivity index (χ1n) is 9.32. The minimum Gasteiger partial charge on any atom is -0.496 e. The van der Waals surface area contributed by atoms with Crippen LogP contribution >= 0.6 is 23.1 Å². The lowest BCUT2D eigenvalue weighted by Gasteiger charge is -2.10. The number of hydrogen-bond acceptors (Lipinski definition) is 6. The van der Waals surface area contributed by atoms with Crippen LogP contribution in [0.5, 0.6) is 5.75 Å². The number of aromatic nitrogens is 3. The second-order valence-corrected chi connectivity index (χ2v) is 8.22. The molecule has 0 atom stereocenters. The second kappa shape index (κ2) is 9.60. The number of ether oxygens (including phenoxy) is 1. The first-order chi connectivity index (χ1) is 14.8. The molecule has 4 rings (SSSR count). The molecular formula is C22H20N4O2S2. The molecule has 2 heterocycles. The van der Waals surface area contributed by atoms with Gasteiger partial charge in [-0.25, -0.2) is 0 Å². The molecule has 0 aliphatic heterocycles. The summed E-state index contributed by atoms with van der Waals surface area (Å²) < 4.78 is 7.32. The summed E-state index contributed by atoms with van der Waals surface area (Å²) in [6, 6.07) is 21.6. The summed E-state index contributed by atoms with van der Waals surface area (Å²) in [4.78, 5) is 13.5. The van der Waals surface area contributed by atoms with Crippen LogP contribution in [0.15, 0.2) is 77.3 Å². The Bertz CT molecular complexity index is 1110. The predicted molar refractivity (Wildman–Crippen MR) is 120 cm³/mol. The predicted octanol–water partition coefficient (Wildman–Crippen LogP) is 4.41. The van der Waals surface area contributed by atoms with E-state index in [1.54, 1.807) is 18.4 Å². The van der Waals surface area contributed by atoms with Gasteiger partial charge in [-0.2, -0.15) is 0 Å². The van der Waals surface area contributed by atoms with Crippen LogP contribution in [0.3, 0.4) is 0 Å². The molecule has 2 aromatic carbocycles. The van der Waals surface area contributed by atoms with Gasteiger partial charge in [0, 0.05) is 17.8 Å². The average molecular weight is 437 g/mol. The zero-order chi connectivity index (χ0) is 20.8. The Labute approximate surface area is 182 Å². The lowest BCUT2D eigenvalue weighted by molar-refractivity contribution is -0.118. The molecule has 8 heteroatoms. The van der Waals surface area contributed by atoms with Crippen LogP contribution in [0.2, 0.25) is 0 Å². The lowest BCUT2D eigenvalue weighted by atomic mass is 10.2. The number of benzene rings is 2. The van der Waals surface area contributed by atoms with E-state index in [4.69, 9.17) is 4.74 Å². The monoisotopic (exact) mass is 436 g/mol. The Hall–Kier alpha value is -3.10. The summed E-state index contributed by atoms with van der Waals surface area (Å²) in [7, 11) is 1.62. The van der Waals surface area contributed by atoms with E-state index in [1.807, 2.05) is 76.7 Å². The number of carbonyl (C=O) groups is 1. The van der Waals surface area contributed by atoms with Crippen molar-refractivity contribution in [2.75, 3.05) is 12.9 Å². The summed E-state index contributed by atoms with van der Waals surface area (Å²) in [5.74, 6) is 1.69.